The fourth-order valence-corrected chi connectivity index (χ4v) is 7.02. The van der Waals surface area contributed by atoms with Gasteiger partial charge in [0.2, 0.25) is 17.2 Å². The van der Waals surface area contributed by atoms with Crippen LogP contribution in [0.1, 0.15) is 64.6 Å². The van der Waals surface area contributed by atoms with Gasteiger partial charge in [0.25, 0.3) is 5.69 Å². The van der Waals surface area contributed by atoms with E-state index in [9.17, 15) is 29.3 Å². The minimum absolute atomic E-state index is 0.131. The molecule has 0 aromatic heterocycles. The highest BCUT2D eigenvalue weighted by molar-refractivity contribution is 9.10. The summed E-state index contributed by atoms with van der Waals surface area (Å²) in [6, 6.07) is 24.8. The van der Waals surface area contributed by atoms with E-state index < -0.39 is 51.1 Å². The van der Waals surface area contributed by atoms with E-state index in [-0.39, 0.29) is 33.5 Å². The number of nitro groups is 1. The second-order valence-corrected chi connectivity index (χ2v) is 11.3. The van der Waals surface area contributed by atoms with Crippen LogP contribution in [-0.4, -0.2) is 33.7 Å². The molecule has 0 unspecified atom stereocenters. The maximum absolute atomic E-state index is 14.6. The molecule has 3 aliphatic rings. The van der Waals surface area contributed by atoms with Crippen LogP contribution in [0.25, 0.3) is 0 Å². The highest BCUT2D eigenvalue weighted by Crippen LogP contribution is 2.67. The fraction of sp³-hybridized carbons (Fsp3) is 0.125. The summed E-state index contributed by atoms with van der Waals surface area (Å²) in [5, 5.41) is 11.5. The van der Waals surface area contributed by atoms with Crippen LogP contribution in [-0.2, 0) is 4.74 Å². The molecule has 2 aliphatic carbocycles. The minimum Gasteiger partial charge on any atom is -0.348 e. The highest BCUT2D eigenvalue weighted by atomic mass is 79.9. The third-order valence-electron chi connectivity index (χ3n) is 8.45. The van der Waals surface area contributed by atoms with Gasteiger partial charge in [-0.2, -0.15) is 0 Å². The van der Waals surface area contributed by atoms with Gasteiger partial charge in [0.05, 0.1) is 10.8 Å². The van der Waals surface area contributed by atoms with Crippen molar-refractivity contribution in [3.05, 3.63) is 145 Å². The molecule has 0 amide bonds. The van der Waals surface area contributed by atoms with Crippen molar-refractivity contribution in [1.29, 1.82) is 0 Å². The van der Waals surface area contributed by atoms with Crippen LogP contribution in [0.4, 0.5) is 5.69 Å². The van der Waals surface area contributed by atoms with Crippen molar-refractivity contribution in [2.45, 2.75) is 17.6 Å². The monoisotopic (exact) mass is 607 g/mol. The Morgan fingerprint density at radius 3 is 1.54 bits per heavy atom. The number of benzene rings is 4. The Bertz CT molecular complexity index is 1770. The smallest absolute Gasteiger partial charge is 0.269 e. The topological polar surface area (TPSA) is 121 Å². The first-order valence-corrected chi connectivity index (χ1v) is 13.6. The number of ketones is 4. The quantitative estimate of drug-likeness (QED) is 0.157. The van der Waals surface area contributed by atoms with Gasteiger partial charge in [-0.15, -0.1) is 0 Å². The summed E-state index contributed by atoms with van der Waals surface area (Å²) >= 11 is 3.40. The van der Waals surface area contributed by atoms with Crippen molar-refractivity contribution in [2.24, 2.45) is 5.41 Å². The van der Waals surface area contributed by atoms with Gasteiger partial charge in [-0.05, 0) is 23.3 Å². The van der Waals surface area contributed by atoms with Crippen LogP contribution in [0, 0.1) is 15.5 Å². The van der Waals surface area contributed by atoms with Gasteiger partial charge in [0, 0.05) is 38.9 Å². The molecule has 41 heavy (non-hydrogen) atoms. The number of Topliss-reactive ketones (excluding diaryl/α,β-unsaturated/α-hetero) is 4. The van der Waals surface area contributed by atoms with E-state index in [1.165, 1.54) is 36.4 Å². The van der Waals surface area contributed by atoms with E-state index in [2.05, 4.69) is 15.9 Å². The third kappa shape index (κ3) is 3.13. The van der Waals surface area contributed by atoms with Crippen LogP contribution in [0.15, 0.2) is 102 Å². The van der Waals surface area contributed by atoms with Gasteiger partial charge < -0.3 is 4.74 Å². The van der Waals surface area contributed by atoms with E-state index in [1.54, 1.807) is 60.7 Å². The standard InChI is InChI=1S/C32H18BrNO7/c33-19-13-9-18(10-14-19)30-31(26(35)21-5-1-2-6-22(21)27(31)36)25(17-11-15-20(16-12-17)34(39)40)32(41-30)28(37)23-7-3-4-8-24(23)29(32)38/h1-16,25,30H/t25-,30+/m1/s1. The molecule has 1 fully saturated rings. The van der Waals surface area contributed by atoms with Gasteiger partial charge >= 0.3 is 0 Å². The molecule has 0 radical (unpaired) electrons. The van der Waals surface area contributed by atoms with Gasteiger partial charge in [0.15, 0.2) is 11.6 Å². The Morgan fingerprint density at radius 2 is 1.07 bits per heavy atom. The molecule has 4 aromatic rings. The predicted molar refractivity (Wildman–Crippen MR) is 149 cm³/mol. The van der Waals surface area contributed by atoms with Crippen molar-refractivity contribution in [3.63, 3.8) is 0 Å². The van der Waals surface area contributed by atoms with Crippen LogP contribution >= 0.6 is 15.9 Å². The maximum atomic E-state index is 14.6. The Hall–Kier alpha value is -4.60. The lowest BCUT2D eigenvalue weighted by Crippen LogP contribution is -2.51. The Labute approximate surface area is 241 Å². The van der Waals surface area contributed by atoms with Crippen LogP contribution in [0.5, 0.6) is 0 Å². The summed E-state index contributed by atoms with van der Waals surface area (Å²) < 4.78 is 7.35. The van der Waals surface area contributed by atoms with E-state index in [0.29, 0.717) is 5.56 Å². The summed E-state index contributed by atoms with van der Waals surface area (Å²) in [4.78, 5) is 68.9. The van der Waals surface area contributed by atoms with Crippen molar-refractivity contribution in [1.82, 2.24) is 0 Å². The number of rotatable bonds is 3. The molecule has 0 saturated carbocycles. The first-order chi connectivity index (χ1) is 19.7. The van der Waals surface area contributed by atoms with Gasteiger partial charge in [-0.3, -0.25) is 29.3 Å². The molecular formula is C32H18BrNO7. The predicted octanol–water partition coefficient (Wildman–Crippen LogP) is 6.10. The first-order valence-electron chi connectivity index (χ1n) is 12.8. The number of hydrogen-bond acceptors (Lipinski definition) is 7. The average molecular weight is 608 g/mol. The number of carbonyl (C=O) groups is 4. The normalized spacial score (nSPS) is 21.5. The number of carbonyl (C=O) groups excluding carboxylic acids is 4. The molecule has 1 saturated heterocycles. The Morgan fingerprint density at radius 1 is 0.634 bits per heavy atom. The number of hydrogen-bond donors (Lipinski definition) is 0. The first kappa shape index (κ1) is 25.4. The zero-order valence-corrected chi connectivity index (χ0v) is 22.7. The molecule has 200 valence electrons. The van der Waals surface area contributed by atoms with Crippen molar-refractivity contribution in [3.8, 4) is 0 Å². The van der Waals surface area contributed by atoms with Gasteiger partial charge in [-0.25, -0.2) is 0 Å². The zero-order chi connectivity index (χ0) is 28.7. The molecule has 2 spiro atoms. The lowest BCUT2D eigenvalue weighted by atomic mass is 9.60. The molecule has 8 nitrogen and oxygen atoms in total. The van der Waals surface area contributed by atoms with Crippen LogP contribution in [0.2, 0.25) is 0 Å². The second kappa shape index (κ2) is 8.70. The Kier molecular flexibility index (Phi) is 5.38. The number of fused-ring (bicyclic) bond motifs is 2. The molecule has 9 heteroatoms. The summed E-state index contributed by atoms with van der Waals surface area (Å²) in [7, 11) is 0. The largest absolute Gasteiger partial charge is 0.348 e. The van der Waals surface area contributed by atoms with E-state index >= 15 is 0 Å². The molecule has 1 aliphatic heterocycles. The Balaban J connectivity index is 1.58. The van der Waals surface area contributed by atoms with Crippen molar-refractivity contribution in [2.75, 3.05) is 0 Å². The summed E-state index contributed by atoms with van der Waals surface area (Å²) in [5.74, 6) is -3.86. The van der Waals surface area contributed by atoms with E-state index in [1.807, 2.05) is 0 Å². The molecule has 7 rings (SSSR count). The minimum atomic E-state index is -2.26. The van der Waals surface area contributed by atoms with E-state index in [4.69, 9.17) is 4.74 Å². The van der Waals surface area contributed by atoms with Crippen LogP contribution < -0.4 is 0 Å². The zero-order valence-electron chi connectivity index (χ0n) is 21.1. The fourth-order valence-electron chi connectivity index (χ4n) is 6.75. The number of halogens is 1. The number of non-ortho nitro benzene ring substituents is 1. The highest BCUT2D eigenvalue weighted by Gasteiger charge is 2.79. The lowest BCUT2D eigenvalue weighted by molar-refractivity contribution is -0.384. The number of nitrogens with zero attached hydrogens (tertiary/aromatic N) is 1. The molecule has 0 N–H and O–H groups in total. The molecule has 1 heterocycles. The van der Waals surface area contributed by atoms with Gasteiger partial charge in [0.1, 0.15) is 11.5 Å². The number of nitro benzene ring substituents is 1. The summed E-state index contributed by atoms with van der Waals surface area (Å²) in [6.45, 7) is 0. The lowest BCUT2D eigenvalue weighted by Gasteiger charge is -2.34. The molecular weight excluding hydrogens is 590 g/mol. The molecule has 2 atom stereocenters. The summed E-state index contributed by atoms with van der Waals surface area (Å²) in [6.07, 6.45) is -1.31. The van der Waals surface area contributed by atoms with Crippen LogP contribution in [0.3, 0.4) is 0 Å². The second-order valence-electron chi connectivity index (χ2n) is 10.3. The maximum Gasteiger partial charge on any atom is 0.269 e. The molecule has 4 aromatic carbocycles. The van der Waals surface area contributed by atoms with E-state index in [0.717, 1.165) is 4.47 Å². The van der Waals surface area contributed by atoms with Crippen molar-refractivity contribution >= 4 is 44.8 Å². The SMILES string of the molecule is O=C1c2ccccc2C(=O)C12O[C@@H](c1ccc(Br)cc1)C1(C(=O)c3ccccc3C1=O)[C@H]2c1ccc([N+](=O)[O-])cc1. The van der Waals surface area contributed by atoms with Crippen molar-refractivity contribution < 1.29 is 28.8 Å². The van der Waals surface area contributed by atoms with Gasteiger partial charge in [-0.1, -0.05) is 88.7 Å². The number of ether oxygens (including phenoxy) is 1. The third-order valence-corrected chi connectivity index (χ3v) is 8.98. The molecule has 0 bridgehead atoms. The average Bonchev–Trinajstić information content (AvgIpc) is 3.51. The summed E-state index contributed by atoms with van der Waals surface area (Å²) in [5.41, 5.74) is -3.25.